The van der Waals surface area contributed by atoms with Crippen molar-refractivity contribution in [2.24, 2.45) is 0 Å². The highest BCUT2D eigenvalue weighted by Crippen LogP contribution is 2.10. The molecule has 0 radical (unpaired) electrons. The fourth-order valence-electron chi connectivity index (χ4n) is 1.23. The van der Waals surface area contributed by atoms with Gasteiger partial charge in [-0.3, -0.25) is 0 Å². The van der Waals surface area contributed by atoms with Gasteiger partial charge in [0.05, 0.1) is 7.11 Å². The van der Waals surface area contributed by atoms with Crippen molar-refractivity contribution in [1.29, 1.82) is 0 Å². The van der Waals surface area contributed by atoms with Crippen molar-refractivity contribution in [2.45, 2.75) is 25.8 Å². The van der Waals surface area contributed by atoms with E-state index in [1.165, 1.54) is 13.3 Å². The number of ether oxygens (including phenoxy) is 1. The number of aromatic nitrogens is 2. The van der Waals surface area contributed by atoms with Gasteiger partial charge >= 0.3 is 5.97 Å². The van der Waals surface area contributed by atoms with Crippen LogP contribution in [0.2, 0.25) is 0 Å². The second-order valence-electron chi connectivity index (χ2n) is 3.25. The second-order valence-corrected chi connectivity index (χ2v) is 3.25. The van der Waals surface area contributed by atoms with Crippen molar-refractivity contribution in [3.05, 3.63) is 12.3 Å². The van der Waals surface area contributed by atoms with Crippen LogP contribution in [0, 0.1) is 0 Å². The molecule has 0 amide bonds. The molecule has 0 aliphatic rings. The van der Waals surface area contributed by atoms with E-state index in [1.54, 1.807) is 6.07 Å². The Kier molecular flexibility index (Phi) is 4.50. The number of rotatable bonds is 6. The SMILES string of the molecule is CCCC(Nc1nccc(OC)n1)C(=O)O. The van der Waals surface area contributed by atoms with Crippen LogP contribution in [0.3, 0.4) is 0 Å². The maximum atomic E-state index is 10.9. The Labute approximate surface area is 93.7 Å². The van der Waals surface area contributed by atoms with Gasteiger partial charge in [-0.15, -0.1) is 0 Å². The molecule has 6 nitrogen and oxygen atoms in total. The first kappa shape index (κ1) is 12.2. The van der Waals surface area contributed by atoms with Gasteiger partial charge in [-0.2, -0.15) is 4.98 Å². The van der Waals surface area contributed by atoms with E-state index in [2.05, 4.69) is 15.3 Å². The maximum absolute atomic E-state index is 10.9. The summed E-state index contributed by atoms with van der Waals surface area (Å²) in [5, 5.41) is 11.7. The number of nitrogens with one attached hydrogen (secondary N) is 1. The molecule has 0 spiro atoms. The van der Waals surface area contributed by atoms with E-state index in [0.717, 1.165) is 6.42 Å². The number of aliphatic carboxylic acids is 1. The quantitative estimate of drug-likeness (QED) is 0.755. The number of hydrogen-bond acceptors (Lipinski definition) is 5. The number of carbonyl (C=O) groups is 1. The van der Waals surface area contributed by atoms with E-state index in [0.29, 0.717) is 12.3 Å². The smallest absolute Gasteiger partial charge is 0.326 e. The largest absolute Gasteiger partial charge is 0.481 e. The van der Waals surface area contributed by atoms with Crippen molar-refractivity contribution >= 4 is 11.9 Å². The van der Waals surface area contributed by atoms with Crippen molar-refractivity contribution in [2.75, 3.05) is 12.4 Å². The Morgan fingerprint density at radius 2 is 2.44 bits per heavy atom. The second kappa shape index (κ2) is 5.89. The number of carboxylic acids is 1. The Bertz CT molecular complexity index is 357. The molecule has 0 fully saturated rings. The van der Waals surface area contributed by atoms with Crippen molar-refractivity contribution in [1.82, 2.24) is 9.97 Å². The van der Waals surface area contributed by atoms with Crippen LogP contribution in [-0.2, 0) is 4.79 Å². The summed E-state index contributed by atoms with van der Waals surface area (Å²) in [4.78, 5) is 18.8. The van der Waals surface area contributed by atoms with Crippen LogP contribution < -0.4 is 10.1 Å². The number of nitrogens with zero attached hydrogens (tertiary/aromatic N) is 2. The molecule has 1 unspecified atom stereocenters. The van der Waals surface area contributed by atoms with Crippen molar-refractivity contribution in [3.8, 4) is 5.88 Å². The maximum Gasteiger partial charge on any atom is 0.326 e. The fraction of sp³-hybridized carbons (Fsp3) is 0.500. The lowest BCUT2D eigenvalue weighted by molar-refractivity contribution is -0.138. The number of methoxy groups -OCH3 is 1. The van der Waals surface area contributed by atoms with Crippen LogP contribution in [-0.4, -0.2) is 34.2 Å². The standard InChI is InChI=1S/C10H15N3O3/c1-3-4-7(9(14)15)12-10-11-6-5-8(13-10)16-2/h5-7H,3-4H2,1-2H3,(H,14,15)(H,11,12,13). The molecule has 6 heteroatoms. The highest BCUT2D eigenvalue weighted by molar-refractivity contribution is 5.76. The Hall–Kier alpha value is -1.85. The summed E-state index contributed by atoms with van der Waals surface area (Å²) in [7, 11) is 1.49. The lowest BCUT2D eigenvalue weighted by Crippen LogP contribution is -2.29. The van der Waals surface area contributed by atoms with E-state index in [-0.39, 0.29) is 5.95 Å². The monoisotopic (exact) mass is 225 g/mol. The van der Waals surface area contributed by atoms with Crippen LogP contribution in [0.15, 0.2) is 12.3 Å². The van der Waals surface area contributed by atoms with Gasteiger partial charge in [-0.05, 0) is 6.42 Å². The zero-order valence-corrected chi connectivity index (χ0v) is 9.30. The molecule has 0 aromatic carbocycles. The highest BCUT2D eigenvalue weighted by atomic mass is 16.5. The molecule has 1 atom stereocenters. The van der Waals surface area contributed by atoms with Crippen LogP contribution in [0.4, 0.5) is 5.95 Å². The minimum Gasteiger partial charge on any atom is -0.481 e. The van der Waals surface area contributed by atoms with Crippen LogP contribution in [0.25, 0.3) is 0 Å². The van der Waals surface area contributed by atoms with Gasteiger partial charge in [0.1, 0.15) is 6.04 Å². The van der Waals surface area contributed by atoms with Gasteiger partial charge in [-0.1, -0.05) is 13.3 Å². The molecule has 1 heterocycles. The zero-order chi connectivity index (χ0) is 12.0. The van der Waals surface area contributed by atoms with Crippen molar-refractivity contribution in [3.63, 3.8) is 0 Å². The number of hydrogen-bond donors (Lipinski definition) is 2. The summed E-state index contributed by atoms with van der Waals surface area (Å²) < 4.78 is 4.92. The van der Waals surface area contributed by atoms with Gasteiger partial charge in [0, 0.05) is 12.3 Å². The molecular weight excluding hydrogens is 210 g/mol. The van der Waals surface area contributed by atoms with Crippen molar-refractivity contribution < 1.29 is 14.6 Å². The average Bonchev–Trinajstić information content (AvgIpc) is 2.28. The minimum atomic E-state index is -0.909. The Morgan fingerprint density at radius 1 is 1.69 bits per heavy atom. The van der Waals surface area contributed by atoms with Gasteiger partial charge in [-0.25, -0.2) is 9.78 Å². The van der Waals surface area contributed by atoms with Gasteiger partial charge in [0.25, 0.3) is 0 Å². The number of anilines is 1. The predicted octanol–water partition coefficient (Wildman–Crippen LogP) is 1.15. The van der Waals surface area contributed by atoms with Crippen LogP contribution in [0.5, 0.6) is 5.88 Å². The third-order valence-electron chi connectivity index (χ3n) is 2.02. The van der Waals surface area contributed by atoms with E-state index in [1.807, 2.05) is 6.92 Å². The predicted molar refractivity (Wildman–Crippen MR) is 58.5 cm³/mol. The fourth-order valence-corrected chi connectivity index (χ4v) is 1.23. The molecule has 2 N–H and O–H groups in total. The highest BCUT2D eigenvalue weighted by Gasteiger charge is 2.17. The molecule has 0 aliphatic heterocycles. The lowest BCUT2D eigenvalue weighted by Gasteiger charge is -2.13. The molecule has 16 heavy (non-hydrogen) atoms. The zero-order valence-electron chi connectivity index (χ0n) is 9.30. The minimum absolute atomic E-state index is 0.264. The summed E-state index contributed by atoms with van der Waals surface area (Å²) >= 11 is 0. The molecule has 0 saturated carbocycles. The molecule has 1 rings (SSSR count). The number of carboxylic acid groups (broad SMARTS) is 1. The molecule has 88 valence electrons. The lowest BCUT2D eigenvalue weighted by atomic mass is 10.2. The third kappa shape index (κ3) is 3.38. The Balaban J connectivity index is 2.72. The van der Waals surface area contributed by atoms with Crippen LogP contribution in [0.1, 0.15) is 19.8 Å². The van der Waals surface area contributed by atoms with E-state index < -0.39 is 12.0 Å². The average molecular weight is 225 g/mol. The summed E-state index contributed by atoms with van der Waals surface area (Å²) in [6.07, 6.45) is 2.81. The molecule has 0 aliphatic carbocycles. The third-order valence-corrected chi connectivity index (χ3v) is 2.02. The molecular formula is C10H15N3O3. The molecule has 1 aromatic heterocycles. The molecule has 0 bridgehead atoms. The van der Waals surface area contributed by atoms with E-state index in [4.69, 9.17) is 9.84 Å². The normalized spacial score (nSPS) is 11.9. The summed E-state index contributed by atoms with van der Waals surface area (Å²) in [5.41, 5.74) is 0. The summed E-state index contributed by atoms with van der Waals surface area (Å²) in [5.74, 6) is -0.244. The van der Waals surface area contributed by atoms with Gasteiger partial charge in [0.2, 0.25) is 11.8 Å². The van der Waals surface area contributed by atoms with Gasteiger partial charge < -0.3 is 15.2 Å². The first-order valence-corrected chi connectivity index (χ1v) is 5.03. The first-order valence-electron chi connectivity index (χ1n) is 5.03. The summed E-state index contributed by atoms with van der Waals surface area (Å²) in [6.45, 7) is 1.92. The summed E-state index contributed by atoms with van der Waals surface area (Å²) in [6, 6.07) is 0.929. The topological polar surface area (TPSA) is 84.3 Å². The molecule has 1 aromatic rings. The van der Waals surface area contributed by atoms with Gasteiger partial charge in [0.15, 0.2) is 0 Å². The van der Waals surface area contributed by atoms with E-state index >= 15 is 0 Å². The van der Waals surface area contributed by atoms with Crippen LogP contribution >= 0.6 is 0 Å². The van der Waals surface area contributed by atoms with E-state index in [9.17, 15) is 4.79 Å². The Morgan fingerprint density at radius 3 is 3.00 bits per heavy atom. The first-order chi connectivity index (χ1) is 7.67. The molecule has 0 saturated heterocycles.